The lowest BCUT2D eigenvalue weighted by Crippen LogP contribution is -2.37. The highest BCUT2D eigenvalue weighted by Gasteiger charge is 2.25. The van der Waals surface area contributed by atoms with E-state index in [1.807, 2.05) is 18.2 Å². The van der Waals surface area contributed by atoms with Crippen LogP contribution in [0.25, 0.3) is 0 Å². The number of anilines is 1. The van der Waals surface area contributed by atoms with Gasteiger partial charge in [-0.1, -0.05) is 29.8 Å². The maximum absolute atomic E-state index is 12.6. The summed E-state index contributed by atoms with van der Waals surface area (Å²) in [6, 6.07) is 14.8. The molecule has 0 unspecified atom stereocenters. The second kappa shape index (κ2) is 9.71. The van der Waals surface area contributed by atoms with Crippen LogP contribution in [0.15, 0.2) is 48.5 Å². The molecule has 1 aliphatic heterocycles. The summed E-state index contributed by atoms with van der Waals surface area (Å²) in [4.78, 5) is 26.8. The van der Waals surface area contributed by atoms with Gasteiger partial charge in [0, 0.05) is 23.2 Å². The van der Waals surface area contributed by atoms with E-state index >= 15 is 0 Å². The molecule has 2 aromatic carbocycles. The summed E-state index contributed by atoms with van der Waals surface area (Å²) in [5, 5.41) is 3.69. The van der Waals surface area contributed by atoms with E-state index in [0.29, 0.717) is 17.9 Å². The van der Waals surface area contributed by atoms with Gasteiger partial charge in [-0.3, -0.25) is 9.69 Å². The zero-order chi connectivity index (χ0) is 19.9. The molecule has 0 aliphatic carbocycles. The van der Waals surface area contributed by atoms with Crippen molar-refractivity contribution in [1.82, 2.24) is 4.90 Å². The molecular formula is C22H25ClN2O3. The minimum atomic E-state index is -0.382. The second-order valence-electron chi connectivity index (χ2n) is 6.97. The molecule has 148 valence electrons. The summed E-state index contributed by atoms with van der Waals surface area (Å²) in [7, 11) is 0. The van der Waals surface area contributed by atoms with E-state index in [4.69, 9.17) is 16.3 Å². The first kappa shape index (κ1) is 20.4. The van der Waals surface area contributed by atoms with Crippen LogP contribution in [-0.4, -0.2) is 36.5 Å². The standard InChI is InChI=1S/C22H25ClN2O3/c1-2-28-22(27)18-6-4-8-20(14-18)24-21(26)17-9-11-25(12-10-17)15-16-5-3-7-19(23)13-16/h3-8,13-14,17H,2,9-12,15H2,1H3,(H,24,26). The van der Waals surface area contributed by atoms with E-state index in [1.165, 1.54) is 5.56 Å². The summed E-state index contributed by atoms with van der Waals surface area (Å²) in [5.41, 5.74) is 2.25. The van der Waals surface area contributed by atoms with Gasteiger partial charge in [-0.25, -0.2) is 4.79 Å². The molecule has 1 amide bonds. The van der Waals surface area contributed by atoms with Crippen molar-refractivity contribution in [2.45, 2.75) is 26.3 Å². The zero-order valence-corrected chi connectivity index (χ0v) is 16.7. The number of nitrogens with zero attached hydrogens (tertiary/aromatic N) is 1. The van der Waals surface area contributed by atoms with Gasteiger partial charge in [0.2, 0.25) is 5.91 Å². The molecular weight excluding hydrogens is 376 g/mol. The molecule has 0 aromatic heterocycles. The van der Waals surface area contributed by atoms with E-state index < -0.39 is 0 Å². The van der Waals surface area contributed by atoms with E-state index in [0.717, 1.165) is 37.5 Å². The van der Waals surface area contributed by atoms with Crippen molar-refractivity contribution < 1.29 is 14.3 Å². The molecule has 0 radical (unpaired) electrons. The molecule has 28 heavy (non-hydrogen) atoms. The maximum atomic E-state index is 12.6. The van der Waals surface area contributed by atoms with Crippen LogP contribution in [0, 0.1) is 5.92 Å². The molecule has 1 saturated heterocycles. The number of esters is 1. The second-order valence-corrected chi connectivity index (χ2v) is 7.41. The number of amides is 1. The van der Waals surface area contributed by atoms with E-state index in [1.54, 1.807) is 31.2 Å². The molecule has 3 rings (SSSR count). The number of rotatable bonds is 6. The lowest BCUT2D eigenvalue weighted by atomic mass is 9.95. The fourth-order valence-corrected chi connectivity index (χ4v) is 3.64. The van der Waals surface area contributed by atoms with Gasteiger partial charge in [-0.15, -0.1) is 0 Å². The Kier molecular flexibility index (Phi) is 7.06. The zero-order valence-electron chi connectivity index (χ0n) is 16.0. The van der Waals surface area contributed by atoms with Crippen LogP contribution in [0.1, 0.15) is 35.7 Å². The first-order chi connectivity index (χ1) is 13.5. The Morgan fingerprint density at radius 3 is 2.61 bits per heavy atom. The van der Waals surface area contributed by atoms with Crippen LogP contribution in [0.4, 0.5) is 5.69 Å². The largest absolute Gasteiger partial charge is 0.462 e. The van der Waals surface area contributed by atoms with Crippen molar-refractivity contribution in [3.63, 3.8) is 0 Å². The minimum Gasteiger partial charge on any atom is -0.462 e. The molecule has 1 N–H and O–H groups in total. The number of nitrogens with one attached hydrogen (secondary N) is 1. The van der Waals surface area contributed by atoms with Gasteiger partial charge < -0.3 is 10.1 Å². The number of ether oxygens (including phenoxy) is 1. The number of hydrogen-bond donors (Lipinski definition) is 1. The highest BCUT2D eigenvalue weighted by atomic mass is 35.5. The van der Waals surface area contributed by atoms with Crippen LogP contribution in [0.2, 0.25) is 5.02 Å². The molecule has 5 nitrogen and oxygen atoms in total. The monoisotopic (exact) mass is 400 g/mol. The summed E-state index contributed by atoms with van der Waals surface area (Å²) >= 11 is 6.05. The van der Waals surface area contributed by atoms with Crippen LogP contribution in [0.5, 0.6) is 0 Å². The number of likely N-dealkylation sites (tertiary alicyclic amines) is 1. The molecule has 1 fully saturated rings. The van der Waals surface area contributed by atoms with Crippen molar-refractivity contribution in [1.29, 1.82) is 0 Å². The Balaban J connectivity index is 1.51. The first-order valence-electron chi connectivity index (χ1n) is 9.60. The van der Waals surface area contributed by atoms with Crippen molar-refractivity contribution in [3.8, 4) is 0 Å². The van der Waals surface area contributed by atoms with Crippen LogP contribution < -0.4 is 5.32 Å². The SMILES string of the molecule is CCOC(=O)c1cccc(NC(=O)C2CCN(Cc3cccc(Cl)c3)CC2)c1. The maximum Gasteiger partial charge on any atom is 0.338 e. The smallest absolute Gasteiger partial charge is 0.338 e. The van der Waals surface area contributed by atoms with Gasteiger partial charge in [0.1, 0.15) is 0 Å². The molecule has 0 bridgehead atoms. The van der Waals surface area contributed by atoms with Gasteiger partial charge in [0.05, 0.1) is 12.2 Å². The summed E-state index contributed by atoms with van der Waals surface area (Å²) in [6.45, 7) is 4.67. The van der Waals surface area contributed by atoms with Gasteiger partial charge in [0.25, 0.3) is 0 Å². The average molecular weight is 401 g/mol. The first-order valence-corrected chi connectivity index (χ1v) is 9.98. The van der Waals surface area contributed by atoms with E-state index in [9.17, 15) is 9.59 Å². The predicted octanol–water partition coefficient (Wildman–Crippen LogP) is 4.37. The van der Waals surface area contributed by atoms with Crippen molar-refractivity contribution in [2.75, 3.05) is 25.0 Å². The van der Waals surface area contributed by atoms with Gasteiger partial charge >= 0.3 is 5.97 Å². The van der Waals surface area contributed by atoms with Crippen LogP contribution in [0.3, 0.4) is 0 Å². The van der Waals surface area contributed by atoms with Crippen molar-refractivity contribution >= 4 is 29.2 Å². The summed E-state index contributed by atoms with van der Waals surface area (Å²) in [6.07, 6.45) is 1.62. The average Bonchev–Trinajstić information content (AvgIpc) is 2.69. The Labute approximate surface area is 170 Å². The molecule has 0 atom stereocenters. The number of halogens is 1. The molecule has 6 heteroatoms. The number of piperidine rings is 1. The minimum absolute atomic E-state index is 0.00316. The number of hydrogen-bond acceptors (Lipinski definition) is 4. The van der Waals surface area contributed by atoms with Crippen LogP contribution in [-0.2, 0) is 16.1 Å². The summed E-state index contributed by atoms with van der Waals surface area (Å²) < 4.78 is 5.01. The Morgan fingerprint density at radius 2 is 1.89 bits per heavy atom. The predicted molar refractivity (Wildman–Crippen MR) is 110 cm³/mol. The highest BCUT2D eigenvalue weighted by molar-refractivity contribution is 6.30. The Morgan fingerprint density at radius 1 is 1.14 bits per heavy atom. The van der Waals surface area contributed by atoms with Crippen molar-refractivity contribution in [3.05, 3.63) is 64.7 Å². The normalized spacial score (nSPS) is 15.2. The Hall–Kier alpha value is -2.37. The van der Waals surface area contributed by atoms with Gasteiger partial charge in [-0.05, 0) is 68.8 Å². The highest BCUT2D eigenvalue weighted by Crippen LogP contribution is 2.22. The lowest BCUT2D eigenvalue weighted by Gasteiger charge is -2.31. The third kappa shape index (κ3) is 5.57. The number of carbonyl (C=O) groups excluding carboxylic acids is 2. The molecule has 1 heterocycles. The molecule has 2 aromatic rings. The van der Waals surface area contributed by atoms with E-state index in [2.05, 4.69) is 16.3 Å². The van der Waals surface area contributed by atoms with Gasteiger partial charge in [0.15, 0.2) is 0 Å². The topological polar surface area (TPSA) is 58.6 Å². The Bertz CT molecular complexity index is 832. The van der Waals surface area contributed by atoms with Crippen molar-refractivity contribution in [2.24, 2.45) is 5.92 Å². The fourth-order valence-electron chi connectivity index (χ4n) is 3.43. The van der Waals surface area contributed by atoms with E-state index in [-0.39, 0.29) is 17.8 Å². The van der Waals surface area contributed by atoms with Gasteiger partial charge in [-0.2, -0.15) is 0 Å². The molecule has 0 saturated carbocycles. The summed E-state index contributed by atoms with van der Waals surface area (Å²) in [5.74, 6) is -0.404. The number of carbonyl (C=O) groups is 2. The van der Waals surface area contributed by atoms with Crippen LogP contribution >= 0.6 is 11.6 Å². The third-order valence-electron chi connectivity index (χ3n) is 4.89. The quantitative estimate of drug-likeness (QED) is 0.731. The number of benzene rings is 2. The molecule has 1 aliphatic rings. The molecule has 0 spiro atoms. The fraction of sp³-hybridized carbons (Fsp3) is 0.364. The lowest BCUT2D eigenvalue weighted by molar-refractivity contribution is -0.121. The third-order valence-corrected chi connectivity index (χ3v) is 5.13.